The number of hydrogen-bond donors (Lipinski definition) is 1. The molecule has 0 saturated carbocycles. The second-order valence-electron chi connectivity index (χ2n) is 6.47. The Kier molecular flexibility index (Phi) is 4.92. The van der Waals surface area contributed by atoms with Crippen LogP contribution in [-0.2, 0) is 0 Å². The average Bonchev–Trinajstić information content (AvgIpc) is 3.18. The van der Waals surface area contributed by atoms with Crippen molar-refractivity contribution in [2.45, 2.75) is 19.9 Å². The summed E-state index contributed by atoms with van der Waals surface area (Å²) in [6.45, 7) is 4.67. The van der Waals surface area contributed by atoms with E-state index in [-0.39, 0.29) is 11.9 Å². The van der Waals surface area contributed by atoms with Crippen LogP contribution in [0.1, 0.15) is 31.3 Å². The molecule has 2 aromatic carbocycles. The van der Waals surface area contributed by atoms with Gasteiger partial charge in [0.2, 0.25) is 5.82 Å². The smallest absolute Gasteiger partial charge is 0.258 e. The van der Waals surface area contributed by atoms with E-state index in [9.17, 15) is 4.39 Å². The largest absolute Gasteiger partial charge is 0.351 e. The number of aromatic nitrogens is 2. The molecule has 1 aliphatic heterocycles. The zero-order chi connectivity index (χ0) is 19.7. The molecule has 1 atom stereocenters. The fourth-order valence-corrected chi connectivity index (χ4v) is 3.80. The Morgan fingerprint density at radius 1 is 1.18 bits per heavy atom. The van der Waals surface area contributed by atoms with Gasteiger partial charge in [-0.2, -0.15) is 4.98 Å². The SMILES string of the molecule is CCN1C(=S)NC(c2cccc(F)c2)C(c2nc(-c3ccccc3)no2)=C1C. The Morgan fingerprint density at radius 2 is 1.96 bits per heavy atom. The van der Waals surface area contributed by atoms with Gasteiger partial charge in [-0.3, -0.25) is 0 Å². The van der Waals surface area contributed by atoms with E-state index in [4.69, 9.17) is 16.7 Å². The summed E-state index contributed by atoms with van der Waals surface area (Å²) in [5.74, 6) is 0.583. The van der Waals surface area contributed by atoms with Crippen molar-refractivity contribution < 1.29 is 8.91 Å². The number of nitrogens with zero attached hydrogens (tertiary/aromatic N) is 3. The van der Waals surface area contributed by atoms with Gasteiger partial charge in [0.25, 0.3) is 5.89 Å². The Hall–Kier alpha value is -3.06. The standard InChI is InChI=1S/C21H19FN4OS/c1-3-26-13(2)17(18(23-21(26)28)15-10-7-11-16(22)12-15)20-24-19(25-27-20)14-8-5-4-6-9-14/h4-12,18H,3H2,1-2H3,(H,23,28). The fraction of sp³-hybridized carbons (Fsp3) is 0.190. The molecular weight excluding hydrogens is 375 g/mol. The lowest BCUT2D eigenvalue weighted by Crippen LogP contribution is -2.45. The van der Waals surface area contributed by atoms with Crippen LogP contribution in [0.25, 0.3) is 17.0 Å². The molecule has 0 saturated heterocycles. The van der Waals surface area contributed by atoms with Crippen LogP contribution in [0.15, 0.2) is 64.8 Å². The van der Waals surface area contributed by atoms with Gasteiger partial charge in [-0.25, -0.2) is 4.39 Å². The lowest BCUT2D eigenvalue weighted by atomic mass is 9.95. The Bertz CT molecular complexity index is 1050. The van der Waals surface area contributed by atoms with Crippen LogP contribution >= 0.6 is 12.2 Å². The maximum absolute atomic E-state index is 13.9. The third kappa shape index (κ3) is 3.29. The van der Waals surface area contributed by atoms with Gasteiger partial charge in [0.1, 0.15) is 5.82 Å². The van der Waals surface area contributed by atoms with Crippen LogP contribution in [0.2, 0.25) is 0 Å². The molecule has 7 heteroatoms. The predicted molar refractivity (Wildman–Crippen MR) is 110 cm³/mol. The van der Waals surface area contributed by atoms with Crippen molar-refractivity contribution >= 4 is 22.9 Å². The van der Waals surface area contributed by atoms with E-state index in [2.05, 4.69) is 15.5 Å². The first-order chi connectivity index (χ1) is 13.6. The van der Waals surface area contributed by atoms with Crippen LogP contribution in [0, 0.1) is 5.82 Å². The molecule has 0 aliphatic carbocycles. The van der Waals surface area contributed by atoms with Crippen LogP contribution in [0.3, 0.4) is 0 Å². The molecule has 0 bridgehead atoms. The quantitative estimate of drug-likeness (QED) is 0.655. The molecular formula is C21H19FN4OS. The number of nitrogens with one attached hydrogen (secondary N) is 1. The second kappa shape index (κ2) is 7.52. The van der Waals surface area contributed by atoms with Gasteiger partial charge in [0.15, 0.2) is 5.11 Å². The topological polar surface area (TPSA) is 54.2 Å². The number of hydrogen-bond acceptors (Lipinski definition) is 4. The van der Waals surface area contributed by atoms with Crippen molar-refractivity contribution in [1.29, 1.82) is 0 Å². The number of rotatable bonds is 4. The van der Waals surface area contributed by atoms with Crippen molar-refractivity contribution in [2.75, 3.05) is 6.54 Å². The van der Waals surface area contributed by atoms with E-state index < -0.39 is 0 Å². The van der Waals surface area contributed by atoms with Crippen molar-refractivity contribution in [1.82, 2.24) is 20.4 Å². The Balaban J connectivity index is 1.83. The molecule has 2 heterocycles. The van der Waals surface area contributed by atoms with Crippen molar-refractivity contribution in [3.8, 4) is 11.4 Å². The molecule has 1 unspecified atom stereocenters. The van der Waals surface area contributed by atoms with E-state index in [1.165, 1.54) is 12.1 Å². The lowest BCUT2D eigenvalue weighted by Gasteiger charge is -2.36. The number of halogens is 1. The zero-order valence-electron chi connectivity index (χ0n) is 15.5. The van der Waals surface area contributed by atoms with Crippen LogP contribution in [0.5, 0.6) is 0 Å². The van der Waals surface area contributed by atoms with Gasteiger partial charge in [-0.05, 0) is 43.8 Å². The maximum atomic E-state index is 13.9. The molecule has 0 radical (unpaired) electrons. The van der Waals surface area contributed by atoms with Gasteiger partial charge in [0, 0.05) is 17.8 Å². The molecule has 0 amide bonds. The van der Waals surface area contributed by atoms with E-state index >= 15 is 0 Å². The van der Waals surface area contributed by atoms with E-state index in [1.54, 1.807) is 6.07 Å². The van der Waals surface area contributed by atoms with Gasteiger partial charge in [0.05, 0.1) is 11.6 Å². The minimum absolute atomic E-state index is 0.310. The van der Waals surface area contributed by atoms with Crippen LogP contribution < -0.4 is 5.32 Å². The third-order valence-electron chi connectivity index (χ3n) is 4.78. The molecule has 3 aromatic rings. The first-order valence-electron chi connectivity index (χ1n) is 9.02. The molecule has 1 aliphatic rings. The van der Waals surface area contributed by atoms with Crippen molar-refractivity contribution in [3.63, 3.8) is 0 Å². The first kappa shape index (κ1) is 18.3. The predicted octanol–water partition coefficient (Wildman–Crippen LogP) is 4.56. The maximum Gasteiger partial charge on any atom is 0.258 e. The van der Waals surface area contributed by atoms with Gasteiger partial charge < -0.3 is 14.7 Å². The number of benzene rings is 2. The molecule has 28 heavy (non-hydrogen) atoms. The van der Waals surface area contributed by atoms with Gasteiger partial charge in [-0.15, -0.1) is 0 Å². The summed E-state index contributed by atoms with van der Waals surface area (Å²) in [4.78, 5) is 6.57. The van der Waals surface area contributed by atoms with E-state index in [0.717, 1.165) is 22.4 Å². The van der Waals surface area contributed by atoms with Crippen molar-refractivity contribution in [3.05, 3.63) is 77.6 Å². The average molecular weight is 394 g/mol. The second-order valence-corrected chi connectivity index (χ2v) is 6.86. The highest BCUT2D eigenvalue weighted by Crippen LogP contribution is 2.37. The molecule has 4 rings (SSSR count). The monoisotopic (exact) mass is 394 g/mol. The summed E-state index contributed by atoms with van der Waals surface area (Å²) < 4.78 is 19.5. The zero-order valence-corrected chi connectivity index (χ0v) is 16.3. The summed E-state index contributed by atoms with van der Waals surface area (Å²) in [6, 6.07) is 15.7. The minimum atomic E-state index is -0.380. The van der Waals surface area contributed by atoms with Gasteiger partial charge in [-0.1, -0.05) is 47.6 Å². The van der Waals surface area contributed by atoms with E-state index in [0.29, 0.717) is 23.4 Å². The fourth-order valence-electron chi connectivity index (χ4n) is 3.41. The third-order valence-corrected chi connectivity index (χ3v) is 5.12. The Labute approximate surface area is 167 Å². The van der Waals surface area contributed by atoms with Crippen LogP contribution in [0.4, 0.5) is 4.39 Å². The molecule has 1 aromatic heterocycles. The summed E-state index contributed by atoms with van der Waals surface area (Å²) >= 11 is 5.52. The normalized spacial score (nSPS) is 17.0. The molecule has 0 spiro atoms. The lowest BCUT2D eigenvalue weighted by molar-refractivity contribution is 0.398. The molecule has 1 N–H and O–H groups in total. The molecule has 5 nitrogen and oxygen atoms in total. The van der Waals surface area contributed by atoms with E-state index in [1.807, 2.05) is 55.1 Å². The summed E-state index contributed by atoms with van der Waals surface area (Å²) in [5.41, 5.74) is 3.30. The molecule has 142 valence electrons. The number of thiocarbonyl (C=S) groups is 1. The highest BCUT2D eigenvalue weighted by atomic mass is 32.1. The number of allylic oxidation sites excluding steroid dienone is 1. The minimum Gasteiger partial charge on any atom is -0.351 e. The summed E-state index contributed by atoms with van der Waals surface area (Å²) in [7, 11) is 0. The Morgan fingerprint density at radius 3 is 2.68 bits per heavy atom. The highest BCUT2D eigenvalue weighted by molar-refractivity contribution is 7.80. The highest BCUT2D eigenvalue weighted by Gasteiger charge is 2.33. The summed E-state index contributed by atoms with van der Waals surface area (Å²) in [6.07, 6.45) is 0. The van der Waals surface area contributed by atoms with Gasteiger partial charge >= 0.3 is 0 Å². The van der Waals surface area contributed by atoms with Crippen LogP contribution in [-0.4, -0.2) is 26.7 Å². The first-order valence-corrected chi connectivity index (χ1v) is 9.43. The summed E-state index contributed by atoms with van der Waals surface area (Å²) in [5, 5.41) is 8.02. The van der Waals surface area contributed by atoms with Crippen molar-refractivity contribution in [2.24, 2.45) is 0 Å². The molecule has 0 fully saturated rings.